The third-order valence-corrected chi connectivity index (χ3v) is 7.07. The molecule has 5 heteroatoms. The molecule has 0 amide bonds. The van der Waals surface area contributed by atoms with Crippen molar-refractivity contribution in [3.63, 3.8) is 0 Å². The van der Waals surface area contributed by atoms with E-state index in [0.29, 0.717) is 22.4 Å². The van der Waals surface area contributed by atoms with Crippen molar-refractivity contribution in [2.24, 2.45) is 0 Å². The van der Waals surface area contributed by atoms with Gasteiger partial charge in [0.2, 0.25) is 0 Å². The van der Waals surface area contributed by atoms with Gasteiger partial charge in [-0.05, 0) is 12.6 Å². The Labute approximate surface area is 124 Å². The van der Waals surface area contributed by atoms with E-state index in [-0.39, 0.29) is 0 Å². The topological polar surface area (TPSA) is 50.9 Å². The lowest BCUT2D eigenvalue weighted by molar-refractivity contribution is 0.548. The van der Waals surface area contributed by atoms with Crippen LogP contribution < -0.4 is 11.1 Å². The van der Waals surface area contributed by atoms with E-state index < -0.39 is 0 Å². The van der Waals surface area contributed by atoms with E-state index in [1.54, 1.807) is 6.20 Å². The Morgan fingerprint density at radius 2 is 2.26 bits per heavy atom. The van der Waals surface area contributed by atoms with Gasteiger partial charge in [0.15, 0.2) is 0 Å². The van der Waals surface area contributed by atoms with Crippen molar-refractivity contribution in [2.75, 3.05) is 18.0 Å². The molecule has 0 saturated carbocycles. The second-order valence-corrected chi connectivity index (χ2v) is 7.96. The monoisotopic (exact) mass is 297 g/mol. The van der Waals surface area contributed by atoms with Crippen molar-refractivity contribution in [3.05, 3.63) is 23.9 Å². The van der Waals surface area contributed by atoms with Gasteiger partial charge >= 0.3 is 0 Å². The van der Waals surface area contributed by atoms with Gasteiger partial charge in [0.1, 0.15) is 5.82 Å². The van der Waals surface area contributed by atoms with Crippen LogP contribution in [0, 0.1) is 0 Å². The van der Waals surface area contributed by atoms with Crippen LogP contribution in [-0.4, -0.2) is 33.0 Å². The van der Waals surface area contributed by atoms with Crippen molar-refractivity contribution in [3.8, 4) is 0 Å². The van der Waals surface area contributed by atoms with E-state index in [1.165, 1.54) is 5.75 Å². The predicted octanol–water partition coefficient (Wildman–Crippen LogP) is 2.94. The summed E-state index contributed by atoms with van der Waals surface area (Å²) in [6, 6.07) is 4.37. The number of nitrogens with two attached hydrogens (primary N) is 1. The normalized spacial score (nSPS) is 29.1. The van der Waals surface area contributed by atoms with Crippen LogP contribution in [0.3, 0.4) is 0 Å². The molecule has 3 nitrogen and oxygen atoms in total. The molecule has 1 saturated heterocycles. The summed E-state index contributed by atoms with van der Waals surface area (Å²) in [6.45, 7) is 7.74. The largest absolute Gasteiger partial charge is 0.383 e. The van der Waals surface area contributed by atoms with Crippen LogP contribution >= 0.6 is 23.5 Å². The van der Waals surface area contributed by atoms with Crippen LogP contribution in [-0.2, 0) is 0 Å². The minimum Gasteiger partial charge on any atom is -0.383 e. The number of thioether (sulfide) groups is 2. The molecule has 0 spiro atoms. The van der Waals surface area contributed by atoms with Gasteiger partial charge in [-0.15, -0.1) is 0 Å². The maximum atomic E-state index is 6.05. The van der Waals surface area contributed by atoms with Crippen LogP contribution in [0.4, 0.5) is 5.82 Å². The van der Waals surface area contributed by atoms with Gasteiger partial charge in [-0.3, -0.25) is 0 Å². The fraction of sp³-hybridized carbons (Fsp3) is 0.643. The van der Waals surface area contributed by atoms with Crippen molar-refractivity contribution in [2.45, 2.75) is 42.6 Å². The Morgan fingerprint density at radius 1 is 1.47 bits per heavy atom. The summed E-state index contributed by atoms with van der Waals surface area (Å²) in [5, 5.41) is 5.56. The zero-order valence-corrected chi connectivity index (χ0v) is 13.4. The summed E-state index contributed by atoms with van der Waals surface area (Å²) in [4.78, 5) is 4.23. The highest BCUT2D eigenvalue weighted by atomic mass is 32.2. The zero-order chi connectivity index (χ0) is 13.8. The molecule has 0 bridgehead atoms. The Bertz CT molecular complexity index is 413. The molecule has 4 atom stereocenters. The molecule has 1 aliphatic rings. The summed E-state index contributed by atoms with van der Waals surface area (Å²) in [6.07, 6.45) is 1.76. The Hall–Kier alpha value is -0.390. The number of hydrogen-bond donors (Lipinski definition) is 2. The molecular weight excluding hydrogens is 274 g/mol. The molecule has 2 rings (SSSR count). The van der Waals surface area contributed by atoms with Crippen LogP contribution in [0.1, 0.15) is 32.4 Å². The SMILES string of the molecule is CCNC(c1cccnc1N)C1CSC(C)C(C)S1. The molecule has 1 aromatic heterocycles. The van der Waals surface area contributed by atoms with E-state index in [9.17, 15) is 0 Å². The quantitative estimate of drug-likeness (QED) is 0.895. The summed E-state index contributed by atoms with van der Waals surface area (Å²) in [5.41, 5.74) is 7.20. The maximum absolute atomic E-state index is 6.05. The molecule has 3 N–H and O–H groups in total. The highest BCUT2D eigenvalue weighted by Gasteiger charge is 2.32. The lowest BCUT2D eigenvalue weighted by Gasteiger charge is -2.36. The molecule has 4 unspecified atom stereocenters. The molecular formula is C14H23N3S2. The predicted molar refractivity (Wildman–Crippen MR) is 87.8 cm³/mol. The third kappa shape index (κ3) is 3.58. The zero-order valence-electron chi connectivity index (χ0n) is 11.8. The minimum absolute atomic E-state index is 0.297. The van der Waals surface area contributed by atoms with E-state index in [1.807, 2.05) is 6.07 Å². The van der Waals surface area contributed by atoms with E-state index >= 15 is 0 Å². The second-order valence-electron chi connectivity index (χ2n) is 4.93. The lowest BCUT2D eigenvalue weighted by Crippen LogP contribution is -2.37. The molecule has 0 radical (unpaired) electrons. The molecule has 19 heavy (non-hydrogen) atoms. The first-order valence-electron chi connectivity index (χ1n) is 6.84. The molecule has 1 fully saturated rings. The van der Waals surface area contributed by atoms with Gasteiger partial charge in [-0.25, -0.2) is 4.98 Å². The van der Waals surface area contributed by atoms with Gasteiger partial charge in [0.05, 0.1) is 0 Å². The Morgan fingerprint density at radius 3 is 2.89 bits per heavy atom. The Kier molecular flexibility index (Phi) is 5.42. The number of nitrogens with zero attached hydrogens (tertiary/aromatic N) is 1. The van der Waals surface area contributed by atoms with Crippen LogP contribution in [0.5, 0.6) is 0 Å². The smallest absolute Gasteiger partial charge is 0.128 e. The number of rotatable bonds is 4. The number of hydrogen-bond acceptors (Lipinski definition) is 5. The van der Waals surface area contributed by atoms with Crippen LogP contribution in [0.2, 0.25) is 0 Å². The highest BCUT2D eigenvalue weighted by Crippen LogP contribution is 2.41. The number of pyridine rings is 1. The molecule has 1 aliphatic heterocycles. The highest BCUT2D eigenvalue weighted by molar-refractivity contribution is 8.07. The molecule has 106 valence electrons. The number of nitrogens with one attached hydrogen (secondary N) is 1. The van der Waals surface area contributed by atoms with Crippen molar-refractivity contribution in [1.82, 2.24) is 10.3 Å². The summed E-state index contributed by atoms with van der Waals surface area (Å²) >= 11 is 4.15. The minimum atomic E-state index is 0.297. The van der Waals surface area contributed by atoms with E-state index in [0.717, 1.165) is 17.4 Å². The first kappa shape index (κ1) is 15.0. The van der Waals surface area contributed by atoms with E-state index in [4.69, 9.17) is 5.73 Å². The maximum Gasteiger partial charge on any atom is 0.128 e. The molecule has 2 heterocycles. The van der Waals surface area contributed by atoms with Gasteiger partial charge in [0, 0.05) is 39.3 Å². The summed E-state index contributed by atoms with van der Waals surface area (Å²) in [7, 11) is 0. The number of anilines is 1. The summed E-state index contributed by atoms with van der Waals surface area (Å²) in [5.74, 6) is 1.83. The van der Waals surface area contributed by atoms with Crippen LogP contribution in [0.15, 0.2) is 18.3 Å². The average Bonchev–Trinajstić information content (AvgIpc) is 2.40. The van der Waals surface area contributed by atoms with Crippen molar-refractivity contribution >= 4 is 29.3 Å². The molecule has 0 aliphatic carbocycles. The Balaban J connectivity index is 2.19. The fourth-order valence-corrected chi connectivity index (χ4v) is 5.44. The molecule has 1 aromatic rings. The first-order chi connectivity index (χ1) is 9.13. The average molecular weight is 297 g/mol. The van der Waals surface area contributed by atoms with Crippen molar-refractivity contribution < 1.29 is 0 Å². The van der Waals surface area contributed by atoms with E-state index in [2.05, 4.69) is 60.7 Å². The van der Waals surface area contributed by atoms with Gasteiger partial charge in [-0.2, -0.15) is 23.5 Å². The molecule has 0 aromatic carbocycles. The van der Waals surface area contributed by atoms with Gasteiger partial charge in [0.25, 0.3) is 0 Å². The third-order valence-electron chi connectivity index (χ3n) is 3.58. The van der Waals surface area contributed by atoms with Crippen LogP contribution in [0.25, 0.3) is 0 Å². The fourth-order valence-electron chi connectivity index (χ4n) is 2.34. The van der Waals surface area contributed by atoms with Gasteiger partial charge < -0.3 is 11.1 Å². The first-order valence-corrected chi connectivity index (χ1v) is 8.83. The lowest BCUT2D eigenvalue weighted by atomic mass is 10.1. The standard InChI is InChI=1S/C14H23N3S2/c1-4-16-13(11-6-5-7-17-14(11)15)12-8-18-9(2)10(3)19-12/h5-7,9-10,12-13,16H,4,8H2,1-3H3,(H2,15,17). The summed E-state index contributed by atoms with van der Waals surface area (Å²) < 4.78 is 0. The number of aromatic nitrogens is 1. The second kappa shape index (κ2) is 6.86. The van der Waals surface area contributed by atoms with Gasteiger partial charge in [-0.1, -0.05) is 26.8 Å². The van der Waals surface area contributed by atoms with Crippen molar-refractivity contribution in [1.29, 1.82) is 0 Å². The number of nitrogen functional groups attached to an aromatic ring is 1.